The summed E-state index contributed by atoms with van der Waals surface area (Å²) in [6.45, 7) is 6.92. The first-order chi connectivity index (χ1) is 5.70. The molecule has 2 heteroatoms. The smallest absolute Gasteiger partial charge is 0.293 e. The normalized spacial score (nSPS) is 15.2. The van der Waals surface area contributed by atoms with E-state index in [-0.39, 0.29) is 6.10 Å². The zero-order valence-corrected chi connectivity index (χ0v) is 8.38. The van der Waals surface area contributed by atoms with Gasteiger partial charge in [-0.2, -0.15) is 0 Å². The van der Waals surface area contributed by atoms with Crippen molar-refractivity contribution in [2.24, 2.45) is 5.92 Å². The molecule has 0 amide bonds. The average molecular weight is 172 g/mol. The number of carbonyl (C=O) groups is 1. The highest BCUT2D eigenvalue weighted by Crippen LogP contribution is 2.14. The Labute approximate surface area is 75.3 Å². The van der Waals surface area contributed by atoms with Gasteiger partial charge in [-0.05, 0) is 25.7 Å². The lowest BCUT2D eigenvalue weighted by Gasteiger charge is -2.13. The molecule has 72 valence electrons. The largest absolute Gasteiger partial charge is 0.465 e. The van der Waals surface area contributed by atoms with Gasteiger partial charge >= 0.3 is 0 Å². The molecule has 0 saturated heterocycles. The number of ether oxygens (including phenoxy) is 1. The topological polar surface area (TPSA) is 26.3 Å². The van der Waals surface area contributed by atoms with E-state index < -0.39 is 0 Å². The van der Waals surface area contributed by atoms with Gasteiger partial charge in [0.25, 0.3) is 6.47 Å². The molecule has 12 heavy (non-hydrogen) atoms. The minimum atomic E-state index is 0.0850. The van der Waals surface area contributed by atoms with Crippen molar-refractivity contribution >= 4 is 6.47 Å². The van der Waals surface area contributed by atoms with E-state index in [9.17, 15) is 4.79 Å². The Bertz CT molecular complexity index is 112. The van der Waals surface area contributed by atoms with Crippen LogP contribution in [0.3, 0.4) is 0 Å². The number of carbonyl (C=O) groups excluding carboxylic acids is 1. The molecule has 0 aromatic carbocycles. The van der Waals surface area contributed by atoms with Crippen LogP contribution in [0.2, 0.25) is 0 Å². The summed E-state index contributed by atoms with van der Waals surface area (Å²) in [6, 6.07) is 0. The van der Waals surface area contributed by atoms with E-state index in [2.05, 4.69) is 13.8 Å². The standard InChI is InChI=1S/C10H20O2/c1-4-5-9(2)6-7-10(3)12-8-11/h8-10H,4-7H2,1-3H3. The Morgan fingerprint density at radius 3 is 2.42 bits per heavy atom. The van der Waals surface area contributed by atoms with Gasteiger partial charge in [0, 0.05) is 0 Å². The van der Waals surface area contributed by atoms with E-state index in [0.29, 0.717) is 6.47 Å². The van der Waals surface area contributed by atoms with Gasteiger partial charge in [0.15, 0.2) is 0 Å². The van der Waals surface area contributed by atoms with Crippen molar-refractivity contribution in [2.75, 3.05) is 0 Å². The minimum Gasteiger partial charge on any atom is -0.465 e. The summed E-state index contributed by atoms with van der Waals surface area (Å²) < 4.78 is 4.79. The molecule has 0 fully saturated rings. The molecule has 0 bridgehead atoms. The Balaban J connectivity index is 3.32. The third kappa shape index (κ3) is 6.20. The highest BCUT2D eigenvalue weighted by molar-refractivity contribution is 5.37. The lowest BCUT2D eigenvalue weighted by Crippen LogP contribution is -2.08. The van der Waals surface area contributed by atoms with Crippen molar-refractivity contribution in [3.8, 4) is 0 Å². The summed E-state index contributed by atoms with van der Waals surface area (Å²) in [4.78, 5) is 9.96. The third-order valence-corrected chi connectivity index (χ3v) is 2.14. The molecule has 2 nitrogen and oxygen atoms in total. The van der Waals surface area contributed by atoms with Gasteiger partial charge in [0.1, 0.15) is 0 Å². The summed E-state index contributed by atoms with van der Waals surface area (Å²) >= 11 is 0. The second kappa shape index (κ2) is 7.14. The van der Waals surface area contributed by atoms with Gasteiger partial charge in [-0.25, -0.2) is 0 Å². The number of hydrogen-bond donors (Lipinski definition) is 0. The third-order valence-electron chi connectivity index (χ3n) is 2.14. The summed E-state index contributed by atoms with van der Waals surface area (Å²) in [5.74, 6) is 0.757. The maximum atomic E-state index is 9.96. The summed E-state index contributed by atoms with van der Waals surface area (Å²) in [5, 5.41) is 0. The van der Waals surface area contributed by atoms with E-state index in [1.54, 1.807) is 0 Å². The van der Waals surface area contributed by atoms with Crippen molar-refractivity contribution in [3.63, 3.8) is 0 Å². The van der Waals surface area contributed by atoms with Gasteiger partial charge in [0.2, 0.25) is 0 Å². The average Bonchev–Trinajstić information content (AvgIpc) is 2.02. The molecular weight excluding hydrogens is 152 g/mol. The SMILES string of the molecule is CCCC(C)CCC(C)OC=O. The van der Waals surface area contributed by atoms with Crippen LogP contribution in [0.4, 0.5) is 0 Å². The van der Waals surface area contributed by atoms with Crippen molar-refractivity contribution in [2.45, 2.75) is 52.6 Å². The molecule has 0 aliphatic heterocycles. The lowest BCUT2D eigenvalue weighted by atomic mass is 9.99. The molecule has 2 atom stereocenters. The molecule has 0 radical (unpaired) electrons. The predicted octanol–water partition coefficient (Wildman–Crippen LogP) is 2.76. The van der Waals surface area contributed by atoms with Crippen LogP contribution in [0.15, 0.2) is 0 Å². The maximum absolute atomic E-state index is 9.96. The molecule has 0 aromatic rings. The molecule has 0 aliphatic rings. The molecule has 0 heterocycles. The first-order valence-electron chi connectivity index (χ1n) is 4.79. The van der Waals surface area contributed by atoms with Crippen LogP contribution in [0.1, 0.15) is 46.5 Å². The quantitative estimate of drug-likeness (QED) is 0.552. The molecule has 0 aliphatic carbocycles. The molecule has 2 unspecified atom stereocenters. The maximum Gasteiger partial charge on any atom is 0.293 e. The van der Waals surface area contributed by atoms with Gasteiger partial charge in [-0.15, -0.1) is 0 Å². The summed E-state index contributed by atoms with van der Waals surface area (Å²) in [7, 11) is 0. The van der Waals surface area contributed by atoms with E-state index in [0.717, 1.165) is 18.8 Å². The van der Waals surface area contributed by atoms with Crippen LogP contribution in [0.25, 0.3) is 0 Å². The molecule has 0 spiro atoms. The van der Waals surface area contributed by atoms with Crippen LogP contribution >= 0.6 is 0 Å². The first kappa shape index (κ1) is 11.5. The van der Waals surface area contributed by atoms with Gasteiger partial charge in [-0.1, -0.05) is 26.7 Å². The molecule has 0 N–H and O–H groups in total. The zero-order valence-electron chi connectivity index (χ0n) is 8.38. The van der Waals surface area contributed by atoms with E-state index in [4.69, 9.17) is 4.74 Å². The summed E-state index contributed by atoms with van der Waals surface area (Å²) in [5.41, 5.74) is 0. The fourth-order valence-electron chi connectivity index (χ4n) is 1.32. The van der Waals surface area contributed by atoms with Crippen LogP contribution in [0, 0.1) is 5.92 Å². The monoisotopic (exact) mass is 172 g/mol. The highest BCUT2D eigenvalue weighted by Gasteiger charge is 2.05. The van der Waals surface area contributed by atoms with E-state index >= 15 is 0 Å². The van der Waals surface area contributed by atoms with Gasteiger partial charge in [0.05, 0.1) is 6.10 Å². The Morgan fingerprint density at radius 2 is 1.92 bits per heavy atom. The fourth-order valence-corrected chi connectivity index (χ4v) is 1.32. The van der Waals surface area contributed by atoms with Crippen molar-refractivity contribution in [1.82, 2.24) is 0 Å². The molecule has 0 aromatic heterocycles. The molecular formula is C10H20O2. The van der Waals surface area contributed by atoms with E-state index in [1.807, 2.05) is 6.92 Å². The minimum absolute atomic E-state index is 0.0850. The second-order valence-electron chi connectivity index (χ2n) is 3.51. The van der Waals surface area contributed by atoms with Crippen LogP contribution in [-0.2, 0) is 9.53 Å². The fraction of sp³-hybridized carbons (Fsp3) is 0.900. The highest BCUT2D eigenvalue weighted by atomic mass is 16.5. The number of rotatable bonds is 7. The summed E-state index contributed by atoms with van der Waals surface area (Å²) in [6.07, 6.45) is 4.74. The Kier molecular flexibility index (Phi) is 6.82. The molecule has 0 rings (SSSR count). The van der Waals surface area contributed by atoms with Gasteiger partial charge < -0.3 is 4.74 Å². The lowest BCUT2D eigenvalue weighted by molar-refractivity contribution is -0.133. The predicted molar refractivity (Wildman–Crippen MR) is 49.9 cm³/mol. The van der Waals surface area contributed by atoms with Gasteiger partial charge in [-0.3, -0.25) is 4.79 Å². The Morgan fingerprint density at radius 1 is 1.25 bits per heavy atom. The molecule has 0 saturated carbocycles. The van der Waals surface area contributed by atoms with Crippen LogP contribution < -0.4 is 0 Å². The Hall–Kier alpha value is -0.530. The van der Waals surface area contributed by atoms with Crippen LogP contribution in [-0.4, -0.2) is 12.6 Å². The zero-order chi connectivity index (χ0) is 9.40. The van der Waals surface area contributed by atoms with Crippen molar-refractivity contribution < 1.29 is 9.53 Å². The van der Waals surface area contributed by atoms with Crippen molar-refractivity contribution in [1.29, 1.82) is 0 Å². The van der Waals surface area contributed by atoms with Crippen LogP contribution in [0.5, 0.6) is 0 Å². The van der Waals surface area contributed by atoms with Crippen molar-refractivity contribution in [3.05, 3.63) is 0 Å². The first-order valence-corrected chi connectivity index (χ1v) is 4.79. The second-order valence-corrected chi connectivity index (χ2v) is 3.51. The number of hydrogen-bond acceptors (Lipinski definition) is 2. The van der Waals surface area contributed by atoms with E-state index in [1.165, 1.54) is 12.8 Å².